The molecule has 0 aliphatic carbocycles. The molecule has 0 spiro atoms. The summed E-state index contributed by atoms with van der Waals surface area (Å²) in [5, 5.41) is 6.17. The van der Waals surface area contributed by atoms with Crippen molar-refractivity contribution >= 4 is 53.2 Å². The molecule has 266 valence electrons. The second-order valence-electron chi connectivity index (χ2n) is 14.3. The fraction of sp³-hybridized carbons (Fsp3) is 0. The van der Waals surface area contributed by atoms with Gasteiger partial charge in [0.05, 0.1) is 22.6 Å². The van der Waals surface area contributed by atoms with Crippen LogP contribution in [-0.4, -0.2) is 15.0 Å². The lowest BCUT2D eigenvalue weighted by Crippen LogP contribution is -1.96. The molecule has 11 rings (SSSR count). The number of para-hydroxylation sites is 1. The summed E-state index contributed by atoms with van der Waals surface area (Å²) in [4.78, 5) is 15.4. The number of fused-ring (bicyclic) bond motifs is 7. The Morgan fingerprint density at radius 2 is 0.825 bits per heavy atom. The van der Waals surface area contributed by atoms with Crippen molar-refractivity contribution in [3.8, 4) is 67.4 Å². The van der Waals surface area contributed by atoms with E-state index < -0.39 is 0 Å². The molecule has 0 N–H and O–H groups in total. The molecule has 3 nitrogen and oxygen atoms in total. The van der Waals surface area contributed by atoms with Crippen LogP contribution in [0.3, 0.4) is 0 Å². The Hall–Kier alpha value is -7.27. The highest BCUT2D eigenvalue weighted by Crippen LogP contribution is 2.46. The normalized spacial score (nSPS) is 11.5. The van der Waals surface area contributed by atoms with Crippen LogP contribution in [0.1, 0.15) is 0 Å². The van der Waals surface area contributed by atoms with E-state index in [9.17, 15) is 0 Å². The molecule has 3 heterocycles. The first kappa shape index (κ1) is 33.1. The second-order valence-corrected chi connectivity index (χ2v) is 15.4. The zero-order valence-corrected chi connectivity index (χ0v) is 31.6. The van der Waals surface area contributed by atoms with Crippen LogP contribution in [0, 0.1) is 0 Å². The summed E-state index contributed by atoms with van der Waals surface area (Å²) in [6.07, 6.45) is 0. The third-order valence-corrected chi connectivity index (χ3v) is 12.2. The molecule has 0 amide bonds. The number of aromatic nitrogens is 3. The van der Waals surface area contributed by atoms with Crippen LogP contribution < -0.4 is 0 Å². The number of thiophene rings is 1. The maximum absolute atomic E-state index is 5.19. The third kappa shape index (κ3) is 5.86. The zero-order chi connectivity index (χ0) is 37.7. The monoisotopic (exact) mass is 743 g/mol. The van der Waals surface area contributed by atoms with Crippen molar-refractivity contribution in [2.45, 2.75) is 0 Å². The van der Waals surface area contributed by atoms with E-state index in [4.69, 9.17) is 15.0 Å². The van der Waals surface area contributed by atoms with Crippen LogP contribution in [0.5, 0.6) is 0 Å². The Balaban J connectivity index is 1.02. The molecule has 0 fully saturated rings. The Bertz CT molecular complexity index is 3250. The van der Waals surface area contributed by atoms with E-state index >= 15 is 0 Å². The highest BCUT2D eigenvalue weighted by atomic mass is 32.1. The lowest BCUT2D eigenvalue weighted by atomic mass is 9.97. The molecule has 0 unspecified atom stereocenters. The summed E-state index contributed by atoms with van der Waals surface area (Å²) < 4.78 is 2.57. The molecule has 8 aromatic carbocycles. The SMILES string of the molecule is c1ccc(-c2ccc(-c3nc(-c4ccccc4)cc(-c4ccc(-c5cccc6c5sc5c6ccc6c(-c7ccccc7)nc7ccccc7c65)cc4)n3)cc2)cc1. The average Bonchev–Trinajstić information content (AvgIpc) is 3.69. The molecule has 4 heteroatoms. The maximum atomic E-state index is 5.19. The predicted molar refractivity (Wildman–Crippen MR) is 240 cm³/mol. The van der Waals surface area contributed by atoms with Crippen molar-refractivity contribution in [2.75, 3.05) is 0 Å². The van der Waals surface area contributed by atoms with E-state index in [2.05, 4.69) is 188 Å². The number of benzene rings is 8. The van der Waals surface area contributed by atoms with Crippen LogP contribution in [0.2, 0.25) is 0 Å². The number of rotatable bonds is 6. The summed E-state index contributed by atoms with van der Waals surface area (Å²) >= 11 is 1.88. The van der Waals surface area contributed by atoms with Gasteiger partial charge in [-0.3, -0.25) is 0 Å². The Kier molecular flexibility index (Phi) is 8.01. The first-order valence-corrected chi connectivity index (χ1v) is 20.0. The van der Waals surface area contributed by atoms with Gasteiger partial charge in [-0.15, -0.1) is 11.3 Å². The average molecular weight is 744 g/mol. The zero-order valence-electron chi connectivity index (χ0n) is 30.8. The van der Waals surface area contributed by atoms with Crippen LogP contribution >= 0.6 is 11.3 Å². The summed E-state index contributed by atoms with van der Waals surface area (Å²) in [5.41, 5.74) is 12.8. The fourth-order valence-electron chi connectivity index (χ4n) is 8.08. The van der Waals surface area contributed by atoms with Gasteiger partial charge in [-0.25, -0.2) is 15.0 Å². The highest BCUT2D eigenvalue weighted by molar-refractivity contribution is 7.27. The van der Waals surface area contributed by atoms with Crippen molar-refractivity contribution in [3.05, 3.63) is 200 Å². The Morgan fingerprint density at radius 1 is 0.316 bits per heavy atom. The molecule has 0 bridgehead atoms. The maximum Gasteiger partial charge on any atom is 0.160 e. The van der Waals surface area contributed by atoms with Crippen LogP contribution in [0.25, 0.3) is 109 Å². The van der Waals surface area contributed by atoms with Gasteiger partial charge in [-0.2, -0.15) is 0 Å². The van der Waals surface area contributed by atoms with Gasteiger partial charge in [0.2, 0.25) is 0 Å². The minimum absolute atomic E-state index is 0.704. The van der Waals surface area contributed by atoms with Gasteiger partial charge in [0.1, 0.15) is 0 Å². The van der Waals surface area contributed by atoms with Gasteiger partial charge in [-0.05, 0) is 34.4 Å². The van der Waals surface area contributed by atoms with E-state index in [1.54, 1.807) is 0 Å². The lowest BCUT2D eigenvalue weighted by Gasteiger charge is -2.11. The minimum Gasteiger partial charge on any atom is -0.247 e. The standard InChI is InChI=1S/C53H33N3S/c1-4-13-34(14-5-1)35-23-29-40(30-24-35)53-55-47(37-15-6-2-7-16-37)33-48(56-53)38-27-25-36(26-28-38)41-20-12-21-42-43-31-32-45-49(52(43)57-51(41)42)44-19-10-11-22-46(44)54-50(45)39-17-8-3-9-18-39/h1-33H. The quantitative estimate of drug-likeness (QED) is 0.159. The van der Waals surface area contributed by atoms with Crippen molar-refractivity contribution < 1.29 is 0 Å². The Labute approximate surface area is 334 Å². The van der Waals surface area contributed by atoms with Crippen molar-refractivity contribution in [1.29, 1.82) is 0 Å². The molecule has 11 aromatic rings. The van der Waals surface area contributed by atoms with Crippen molar-refractivity contribution in [2.24, 2.45) is 0 Å². The third-order valence-electron chi connectivity index (χ3n) is 10.9. The first-order valence-electron chi connectivity index (χ1n) is 19.2. The topological polar surface area (TPSA) is 38.7 Å². The van der Waals surface area contributed by atoms with Gasteiger partial charge < -0.3 is 0 Å². The van der Waals surface area contributed by atoms with E-state index in [1.807, 2.05) is 23.5 Å². The largest absolute Gasteiger partial charge is 0.247 e. The van der Waals surface area contributed by atoms with E-state index in [1.165, 1.54) is 58.6 Å². The molecule has 57 heavy (non-hydrogen) atoms. The highest BCUT2D eigenvalue weighted by Gasteiger charge is 2.18. The van der Waals surface area contributed by atoms with Gasteiger partial charge in [-0.1, -0.05) is 188 Å². The molecule has 0 radical (unpaired) electrons. The summed E-state index contributed by atoms with van der Waals surface area (Å²) in [6, 6.07) is 70.7. The molecule has 0 aliphatic rings. The molecular weight excluding hydrogens is 711 g/mol. The van der Waals surface area contributed by atoms with Crippen LogP contribution in [0.4, 0.5) is 0 Å². The number of hydrogen-bond donors (Lipinski definition) is 0. The predicted octanol–water partition coefficient (Wildman–Crippen LogP) is 14.5. The number of pyridine rings is 1. The number of nitrogens with zero attached hydrogens (tertiary/aromatic N) is 3. The first-order chi connectivity index (χ1) is 28.2. The molecule has 0 saturated carbocycles. The molecule has 0 aliphatic heterocycles. The van der Waals surface area contributed by atoms with Crippen molar-refractivity contribution in [3.63, 3.8) is 0 Å². The summed E-state index contributed by atoms with van der Waals surface area (Å²) in [5.74, 6) is 0.704. The lowest BCUT2D eigenvalue weighted by molar-refractivity contribution is 1.18. The molecule has 3 aromatic heterocycles. The molecule has 0 atom stereocenters. The van der Waals surface area contributed by atoms with E-state index in [0.717, 1.165) is 44.9 Å². The smallest absolute Gasteiger partial charge is 0.160 e. The van der Waals surface area contributed by atoms with E-state index in [0.29, 0.717) is 5.82 Å². The van der Waals surface area contributed by atoms with Crippen molar-refractivity contribution in [1.82, 2.24) is 15.0 Å². The Morgan fingerprint density at radius 3 is 1.54 bits per heavy atom. The molecular formula is C53H33N3S. The number of hydrogen-bond acceptors (Lipinski definition) is 4. The van der Waals surface area contributed by atoms with E-state index in [-0.39, 0.29) is 0 Å². The summed E-state index contributed by atoms with van der Waals surface area (Å²) in [7, 11) is 0. The van der Waals surface area contributed by atoms with Crippen LogP contribution in [-0.2, 0) is 0 Å². The van der Waals surface area contributed by atoms with Gasteiger partial charge in [0, 0.05) is 58.6 Å². The van der Waals surface area contributed by atoms with Gasteiger partial charge in [0.15, 0.2) is 5.82 Å². The van der Waals surface area contributed by atoms with Gasteiger partial charge in [0.25, 0.3) is 0 Å². The molecule has 0 saturated heterocycles. The summed E-state index contributed by atoms with van der Waals surface area (Å²) in [6.45, 7) is 0. The minimum atomic E-state index is 0.704. The second kappa shape index (κ2) is 13.8. The van der Waals surface area contributed by atoms with Gasteiger partial charge >= 0.3 is 0 Å². The van der Waals surface area contributed by atoms with Crippen LogP contribution in [0.15, 0.2) is 200 Å². The fourth-order valence-corrected chi connectivity index (χ4v) is 9.48.